The molecular weight excluding hydrogens is 524 g/mol. The third kappa shape index (κ3) is 7.83. The highest BCUT2D eigenvalue weighted by Crippen LogP contribution is 2.31. The monoisotopic (exact) mass is 558 g/mol. The Morgan fingerprint density at radius 1 is 1.05 bits per heavy atom. The van der Waals surface area contributed by atoms with Crippen molar-refractivity contribution >= 4 is 46.6 Å². The molecule has 1 aliphatic heterocycles. The molecule has 3 aromatic rings. The third-order valence-electron chi connectivity index (χ3n) is 6.37. The lowest BCUT2D eigenvalue weighted by atomic mass is 10.2. The smallest absolute Gasteiger partial charge is 0.412 e. The summed E-state index contributed by atoms with van der Waals surface area (Å²) in [6.07, 6.45) is 0.785. The number of carboxylic acid groups (broad SMARTS) is 1. The van der Waals surface area contributed by atoms with Gasteiger partial charge in [-0.15, -0.1) is 0 Å². The summed E-state index contributed by atoms with van der Waals surface area (Å²) in [4.78, 5) is 37.3. The number of aromatic carboxylic acids is 1. The lowest BCUT2D eigenvalue weighted by molar-refractivity contribution is 0.0634. The first-order valence-corrected chi connectivity index (χ1v) is 13.3. The quantitative estimate of drug-likeness (QED) is 0.294. The normalized spacial score (nSPS) is 13.7. The number of nitriles is 1. The number of hydrogen-bond donors (Lipinski definition) is 4. The number of carbonyl (C=O) groups excluding carboxylic acids is 1. The van der Waals surface area contributed by atoms with Gasteiger partial charge in [0, 0.05) is 37.6 Å². The number of nitrogens with one attached hydrogen (secondary N) is 3. The maximum Gasteiger partial charge on any atom is 0.412 e. The Bertz CT molecular complexity index is 1440. The van der Waals surface area contributed by atoms with E-state index in [9.17, 15) is 14.9 Å². The van der Waals surface area contributed by atoms with Crippen molar-refractivity contribution in [3.63, 3.8) is 0 Å². The summed E-state index contributed by atoms with van der Waals surface area (Å²) in [5, 5.41) is 27.7. The first-order chi connectivity index (χ1) is 19.5. The summed E-state index contributed by atoms with van der Waals surface area (Å²) >= 11 is 0. The zero-order chi connectivity index (χ0) is 29.6. The van der Waals surface area contributed by atoms with Crippen LogP contribution in [-0.2, 0) is 4.74 Å². The fourth-order valence-electron chi connectivity index (χ4n) is 4.25. The van der Waals surface area contributed by atoms with Gasteiger partial charge in [0.25, 0.3) is 0 Å². The Morgan fingerprint density at radius 3 is 2.37 bits per heavy atom. The molecule has 0 spiro atoms. The molecule has 0 atom stereocenters. The molecule has 1 amide bonds. The Hall–Kier alpha value is -4.89. The predicted molar refractivity (Wildman–Crippen MR) is 157 cm³/mol. The van der Waals surface area contributed by atoms with Gasteiger partial charge in [-0.05, 0) is 69.8 Å². The topological polar surface area (TPSA) is 156 Å². The van der Waals surface area contributed by atoms with E-state index in [2.05, 4.69) is 48.7 Å². The number of piperazine rings is 1. The Labute approximate surface area is 239 Å². The molecule has 0 saturated carbocycles. The minimum absolute atomic E-state index is 0.141. The average Bonchev–Trinajstić information content (AvgIpc) is 2.93. The molecule has 214 valence electrons. The highest BCUT2D eigenvalue weighted by molar-refractivity contribution is 5.92. The van der Waals surface area contributed by atoms with Crippen molar-refractivity contribution in [2.45, 2.75) is 33.3 Å². The molecule has 0 bridgehead atoms. The summed E-state index contributed by atoms with van der Waals surface area (Å²) in [6.45, 7) is 12.2. The number of anilines is 6. The molecule has 4 N–H and O–H groups in total. The van der Waals surface area contributed by atoms with Crippen LogP contribution in [0.15, 0.2) is 48.7 Å². The SMILES string of the molecule is CCN1CCN(c2ccc(Nc3ncc(C#N)c(Nc4ccc(C(=O)O)cc4)n3)c(NC(=O)OC(C)(C)C)c2)CC1. The van der Waals surface area contributed by atoms with E-state index < -0.39 is 17.7 Å². The van der Waals surface area contributed by atoms with Crippen LogP contribution < -0.4 is 20.9 Å². The van der Waals surface area contributed by atoms with Crippen LogP contribution in [0.25, 0.3) is 0 Å². The minimum atomic E-state index is -1.03. The zero-order valence-electron chi connectivity index (χ0n) is 23.6. The highest BCUT2D eigenvalue weighted by Gasteiger charge is 2.21. The van der Waals surface area contributed by atoms with E-state index in [1.54, 1.807) is 32.9 Å². The second-order valence-corrected chi connectivity index (χ2v) is 10.5. The Morgan fingerprint density at radius 2 is 1.76 bits per heavy atom. The number of rotatable bonds is 8. The summed E-state index contributed by atoms with van der Waals surface area (Å²) in [6, 6.07) is 13.8. The number of likely N-dealkylation sites (N-methyl/N-ethyl adjacent to an activating group) is 1. The molecule has 2 aromatic carbocycles. The van der Waals surface area contributed by atoms with Crippen molar-refractivity contribution < 1.29 is 19.4 Å². The number of hydrogen-bond acceptors (Lipinski definition) is 10. The molecular formula is C29H34N8O4. The summed E-state index contributed by atoms with van der Waals surface area (Å²) < 4.78 is 5.49. The molecule has 41 heavy (non-hydrogen) atoms. The number of aromatic nitrogens is 2. The highest BCUT2D eigenvalue weighted by atomic mass is 16.6. The van der Waals surface area contributed by atoms with E-state index in [0.29, 0.717) is 17.1 Å². The maximum absolute atomic E-state index is 12.7. The van der Waals surface area contributed by atoms with Gasteiger partial charge in [-0.25, -0.2) is 14.6 Å². The molecule has 1 fully saturated rings. The molecule has 12 heteroatoms. The Balaban J connectivity index is 1.60. The molecule has 0 aliphatic carbocycles. The molecule has 2 heterocycles. The third-order valence-corrected chi connectivity index (χ3v) is 6.37. The number of benzene rings is 2. The second-order valence-electron chi connectivity index (χ2n) is 10.5. The van der Waals surface area contributed by atoms with E-state index >= 15 is 0 Å². The number of nitrogens with zero attached hydrogens (tertiary/aromatic N) is 5. The maximum atomic E-state index is 12.7. The minimum Gasteiger partial charge on any atom is -0.478 e. The van der Waals surface area contributed by atoms with E-state index in [0.717, 1.165) is 38.4 Å². The molecule has 0 unspecified atom stereocenters. The molecule has 1 saturated heterocycles. The first-order valence-electron chi connectivity index (χ1n) is 13.3. The lowest BCUT2D eigenvalue weighted by Crippen LogP contribution is -2.46. The van der Waals surface area contributed by atoms with Crippen molar-refractivity contribution in [2.24, 2.45) is 0 Å². The van der Waals surface area contributed by atoms with Gasteiger partial charge in [-0.2, -0.15) is 10.2 Å². The Kier molecular flexibility index (Phi) is 8.89. The van der Waals surface area contributed by atoms with E-state index in [4.69, 9.17) is 9.84 Å². The van der Waals surface area contributed by atoms with Crippen molar-refractivity contribution in [3.05, 3.63) is 59.8 Å². The van der Waals surface area contributed by atoms with Crippen LogP contribution in [0.5, 0.6) is 0 Å². The summed E-state index contributed by atoms with van der Waals surface area (Å²) in [7, 11) is 0. The molecule has 12 nitrogen and oxygen atoms in total. The van der Waals surface area contributed by atoms with Crippen molar-refractivity contribution in [2.75, 3.05) is 53.6 Å². The molecule has 1 aliphatic rings. The first kappa shape index (κ1) is 29.1. The van der Waals surface area contributed by atoms with Crippen LogP contribution in [0.3, 0.4) is 0 Å². The van der Waals surface area contributed by atoms with Gasteiger partial charge in [0.05, 0.1) is 23.1 Å². The number of carbonyl (C=O) groups is 2. The van der Waals surface area contributed by atoms with Crippen LogP contribution in [0.1, 0.15) is 43.6 Å². The van der Waals surface area contributed by atoms with E-state index in [1.165, 1.54) is 18.3 Å². The fourth-order valence-corrected chi connectivity index (χ4v) is 4.25. The largest absolute Gasteiger partial charge is 0.478 e. The number of carboxylic acids is 1. The molecule has 1 aromatic heterocycles. The average molecular weight is 559 g/mol. The standard InChI is InChI=1S/C29H34N8O4/c1-5-36-12-14-37(15-13-36)22-10-11-23(24(16-22)34-28(40)41-29(2,3)4)33-27-31-18-20(17-30)25(35-27)32-21-8-6-19(7-9-21)26(38)39/h6-11,16,18H,5,12-15H2,1-4H3,(H,34,40)(H,38,39)(H2,31,32,33,35). The van der Waals surface area contributed by atoms with Gasteiger partial charge in [0.15, 0.2) is 5.82 Å². The van der Waals surface area contributed by atoms with Gasteiger partial charge < -0.3 is 30.3 Å². The summed E-state index contributed by atoms with van der Waals surface area (Å²) in [5.74, 6) is -0.613. The van der Waals surface area contributed by atoms with Crippen molar-refractivity contribution in [1.82, 2.24) is 14.9 Å². The van der Waals surface area contributed by atoms with Crippen LogP contribution in [-0.4, -0.2) is 70.4 Å². The second kappa shape index (κ2) is 12.5. The number of amides is 1. The predicted octanol–water partition coefficient (Wildman–Crippen LogP) is 5.02. The van der Waals surface area contributed by atoms with Crippen molar-refractivity contribution in [3.8, 4) is 6.07 Å². The van der Waals surface area contributed by atoms with Gasteiger partial charge in [0.1, 0.15) is 17.2 Å². The van der Waals surface area contributed by atoms with Crippen LogP contribution in [0.2, 0.25) is 0 Å². The van der Waals surface area contributed by atoms with E-state index in [1.807, 2.05) is 18.2 Å². The van der Waals surface area contributed by atoms with Crippen LogP contribution >= 0.6 is 0 Å². The van der Waals surface area contributed by atoms with Gasteiger partial charge in [-0.1, -0.05) is 6.92 Å². The molecule has 4 rings (SSSR count). The van der Waals surface area contributed by atoms with Crippen molar-refractivity contribution in [1.29, 1.82) is 5.26 Å². The van der Waals surface area contributed by atoms with Gasteiger partial charge in [-0.3, -0.25) is 5.32 Å². The number of ether oxygens (including phenoxy) is 1. The van der Waals surface area contributed by atoms with Crippen LogP contribution in [0, 0.1) is 11.3 Å². The van der Waals surface area contributed by atoms with E-state index in [-0.39, 0.29) is 22.9 Å². The fraction of sp³-hybridized carbons (Fsp3) is 0.345. The lowest BCUT2D eigenvalue weighted by Gasteiger charge is -2.35. The van der Waals surface area contributed by atoms with Gasteiger partial charge in [0.2, 0.25) is 5.95 Å². The summed E-state index contributed by atoms with van der Waals surface area (Å²) in [5.41, 5.74) is 2.20. The molecule has 0 radical (unpaired) electrons. The zero-order valence-corrected chi connectivity index (χ0v) is 23.6. The van der Waals surface area contributed by atoms with Gasteiger partial charge >= 0.3 is 12.1 Å². The van der Waals surface area contributed by atoms with Crippen LogP contribution in [0.4, 0.5) is 39.3 Å².